The van der Waals surface area contributed by atoms with Crippen LogP contribution in [-0.4, -0.2) is 31.5 Å². The maximum absolute atomic E-state index is 13.1. The van der Waals surface area contributed by atoms with Crippen LogP contribution < -0.4 is 9.83 Å². The molecule has 10 heteroatoms. The molecule has 0 atom stereocenters. The van der Waals surface area contributed by atoms with Gasteiger partial charge in [0.2, 0.25) is 0 Å². The number of rotatable bonds is 12. The Kier molecular flexibility index (Phi) is 9.48. The van der Waals surface area contributed by atoms with Crippen LogP contribution in [-0.2, 0) is 33.8 Å². The third-order valence-corrected chi connectivity index (χ3v) is 7.13. The molecule has 1 aromatic carbocycles. The molecule has 8 nitrogen and oxygen atoms in total. The molecular weight excluding hydrogens is 382 g/mol. The molecule has 0 radical (unpaired) electrons. The van der Waals surface area contributed by atoms with E-state index >= 15 is 0 Å². The van der Waals surface area contributed by atoms with Crippen LogP contribution in [0, 0.1) is 6.92 Å². The van der Waals surface area contributed by atoms with E-state index in [-0.39, 0.29) is 44.1 Å². The summed E-state index contributed by atoms with van der Waals surface area (Å²) in [6, 6.07) is 3.07. The molecule has 0 saturated heterocycles. The molecule has 26 heavy (non-hydrogen) atoms. The van der Waals surface area contributed by atoms with Gasteiger partial charge in [-0.25, -0.2) is 4.57 Å². The molecule has 0 aliphatic heterocycles. The fourth-order valence-electron chi connectivity index (χ4n) is 2.32. The molecule has 0 fully saturated rings. The third-order valence-electron chi connectivity index (χ3n) is 3.30. The summed E-state index contributed by atoms with van der Waals surface area (Å²) in [4.78, 5) is 0. The number of benzene rings is 1. The molecule has 0 saturated carbocycles. The molecule has 0 unspecified atom stereocenters. The van der Waals surface area contributed by atoms with Gasteiger partial charge in [-0.05, 0) is 40.7 Å². The summed E-state index contributed by atoms with van der Waals surface area (Å²) in [6.07, 6.45) is 0. The highest BCUT2D eigenvalue weighted by Crippen LogP contribution is 2.53. The zero-order valence-electron chi connectivity index (χ0n) is 15.9. The third kappa shape index (κ3) is 5.64. The van der Waals surface area contributed by atoms with Gasteiger partial charge in [0.1, 0.15) is 5.75 Å². The topological polar surface area (TPSA) is 101 Å². The average molecular weight is 410 g/mol. The van der Waals surface area contributed by atoms with Crippen LogP contribution in [0.2, 0.25) is 0 Å². The van der Waals surface area contributed by atoms with Gasteiger partial charge in [-0.3, -0.25) is 13.6 Å². The van der Waals surface area contributed by atoms with Crippen molar-refractivity contribution in [3.8, 4) is 5.75 Å². The van der Waals surface area contributed by atoms with E-state index in [1.54, 1.807) is 40.7 Å². The fraction of sp³-hybridized carbons (Fsp3) is 0.625. The largest absolute Gasteiger partial charge is 0.530 e. The van der Waals surface area contributed by atoms with Crippen LogP contribution in [0.4, 0.5) is 0 Å². The van der Waals surface area contributed by atoms with E-state index in [4.69, 9.17) is 22.6 Å². The highest BCUT2D eigenvalue weighted by atomic mass is 31.2. The standard InChI is InChI=1S/C16H28O8P2/c1-6-20-25(18,21-7-2)15-11-10-14(12-17)16(13(15)5)24-26(19,22-8-3)23-9-4/h10-11,17H,6-9,12H2,1-5H3. The van der Waals surface area contributed by atoms with Gasteiger partial charge >= 0.3 is 15.4 Å². The van der Waals surface area contributed by atoms with Crippen molar-refractivity contribution in [2.24, 2.45) is 0 Å². The molecule has 0 spiro atoms. The van der Waals surface area contributed by atoms with E-state index in [1.807, 2.05) is 0 Å². The minimum Gasteiger partial charge on any atom is -0.403 e. The number of aliphatic hydroxyl groups excluding tert-OH is 1. The van der Waals surface area contributed by atoms with E-state index in [9.17, 15) is 14.2 Å². The highest BCUT2D eigenvalue weighted by molar-refractivity contribution is 7.62. The molecule has 150 valence electrons. The first-order chi connectivity index (χ1) is 12.3. The average Bonchev–Trinajstić information content (AvgIpc) is 2.57. The Labute approximate surface area is 154 Å². The number of aliphatic hydroxyl groups is 1. The lowest BCUT2D eigenvalue weighted by Gasteiger charge is -2.24. The molecule has 0 heterocycles. The second-order valence-corrected chi connectivity index (χ2v) is 8.65. The van der Waals surface area contributed by atoms with E-state index < -0.39 is 15.4 Å². The number of phosphoric ester groups is 1. The molecule has 1 rings (SSSR count). The lowest BCUT2D eigenvalue weighted by atomic mass is 10.1. The maximum atomic E-state index is 13.1. The smallest absolute Gasteiger partial charge is 0.403 e. The summed E-state index contributed by atoms with van der Waals surface area (Å²) in [5.41, 5.74) is 0.729. The van der Waals surface area contributed by atoms with Crippen LogP contribution in [0.15, 0.2) is 12.1 Å². The monoisotopic (exact) mass is 410 g/mol. The Bertz CT molecular complexity index is 656. The molecule has 0 aromatic heterocycles. The number of phosphoric acid groups is 1. The van der Waals surface area contributed by atoms with E-state index in [0.717, 1.165) is 0 Å². The van der Waals surface area contributed by atoms with Crippen molar-refractivity contribution < 1.29 is 36.9 Å². The van der Waals surface area contributed by atoms with E-state index in [1.165, 1.54) is 6.07 Å². The van der Waals surface area contributed by atoms with E-state index in [2.05, 4.69) is 0 Å². The lowest BCUT2D eigenvalue weighted by Crippen LogP contribution is -2.16. The van der Waals surface area contributed by atoms with Crippen LogP contribution in [0.25, 0.3) is 0 Å². The summed E-state index contributed by atoms with van der Waals surface area (Å²) in [6.45, 7) is 8.57. The second kappa shape index (κ2) is 10.6. The van der Waals surface area contributed by atoms with Crippen LogP contribution in [0.5, 0.6) is 5.75 Å². The van der Waals surface area contributed by atoms with Crippen LogP contribution in [0.1, 0.15) is 38.8 Å². The maximum Gasteiger partial charge on any atom is 0.530 e. The number of hydrogen-bond donors (Lipinski definition) is 1. The van der Waals surface area contributed by atoms with Crippen LogP contribution in [0.3, 0.4) is 0 Å². The van der Waals surface area contributed by atoms with Crippen molar-refractivity contribution in [3.05, 3.63) is 23.3 Å². The number of hydrogen-bond acceptors (Lipinski definition) is 8. The van der Waals surface area contributed by atoms with Crippen molar-refractivity contribution in [1.29, 1.82) is 0 Å². The SMILES string of the molecule is CCOP(=O)(OCC)Oc1c(CO)ccc(P(=O)(OCC)OCC)c1C. The van der Waals surface area contributed by atoms with Crippen molar-refractivity contribution >= 4 is 20.7 Å². The normalized spacial score (nSPS) is 12.4. The first kappa shape index (κ1) is 23.3. The predicted molar refractivity (Wildman–Crippen MR) is 99.1 cm³/mol. The van der Waals surface area contributed by atoms with Crippen LogP contribution >= 0.6 is 15.4 Å². The van der Waals surface area contributed by atoms with Gasteiger partial charge in [0.25, 0.3) is 0 Å². The van der Waals surface area contributed by atoms with Crippen molar-refractivity contribution in [3.63, 3.8) is 0 Å². The van der Waals surface area contributed by atoms with Gasteiger partial charge in [0, 0.05) is 11.1 Å². The summed E-state index contributed by atoms with van der Waals surface area (Å²) in [7, 11) is -7.49. The summed E-state index contributed by atoms with van der Waals surface area (Å²) in [5, 5.41) is 9.89. The molecule has 1 N–H and O–H groups in total. The van der Waals surface area contributed by atoms with E-state index in [0.29, 0.717) is 11.1 Å². The summed E-state index contributed by atoms with van der Waals surface area (Å²) >= 11 is 0. The highest BCUT2D eigenvalue weighted by Gasteiger charge is 2.34. The van der Waals surface area contributed by atoms with Gasteiger partial charge in [-0.1, -0.05) is 6.07 Å². The Hall–Kier alpha value is -0.720. The summed E-state index contributed by atoms with van der Waals surface area (Å²) < 4.78 is 52.4. The minimum absolute atomic E-state index is 0.0786. The second-order valence-electron chi connectivity index (χ2n) is 5.06. The Balaban J connectivity index is 3.47. The Morgan fingerprint density at radius 1 is 0.885 bits per heavy atom. The molecular formula is C16H28O8P2. The lowest BCUT2D eigenvalue weighted by molar-refractivity contribution is 0.165. The molecule has 1 aromatic rings. The van der Waals surface area contributed by atoms with Gasteiger partial charge < -0.3 is 18.7 Å². The van der Waals surface area contributed by atoms with Gasteiger partial charge in [0.15, 0.2) is 0 Å². The zero-order valence-corrected chi connectivity index (χ0v) is 17.7. The van der Waals surface area contributed by atoms with Gasteiger partial charge in [-0.2, -0.15) is 0 Å². The molecule has 0 aliphatic carbocycles. The Morgan fingerprint density at radius 2 is 1.38 bits per heavy atom. The fourth-order valence-corrected chi connectivity index (χ4v) is 5.41. The molecule has 0 amide bonds. The molecule has 0 aliphatic rings. The first-order valence-corrected chi connectivity index (χ1v) is 11.5. The predicted octanol–water partition coefficient (Wildman–Crippen LogP) is 3.94. The van der Waals surface area contributed by atoms with Gasteiger partial charge in [0.05, 0.1) is 38.3 Å². The van der Waals surface area contributed by atoms with Crippen molar-refractivity contribution in [2.75, 3.05) is 26.4 Å². The first-order valence-electron chi connectivity index (χ1n) is 8.52. The minimum atomic E-state index is -3.89. The molecule has 0 bridgehead atoms. The quantitative estimate of drug-likeness (QED) is 0.517. The van der Waals surface area contributed by atoms with Gasteiger partial charge in [-0.15, -0.1) is 0 Å². The summed E-state index contributed by atoms with van der Waals surface area (Å²) in [5.74, 6) is 0.0786. The zero-order chi connectivity index (χ0) is 19.8. The van der Waals surface area contributed by atoms with Crippen molar-refractivity contribution in [2.45, 2.75) is 41.2 Å². The Morgan fingerprint density at radius 3 is 1.81 bits per heavy atom. The van der Waals surface area contributed by atoms with Crippen molar-refractivity contribution in [1.82, 2.24) is 0 Å².